The molecule has 6 nitrogen and oxygen atoms in total. The van der Waals surface area contributed by atoms with Crippen molar-refractivity contribution >= 4 is 28.8 Å². The highest BCUT2D eigenvalue weighted by Gasteiger charge is 2.41. The van der Waals surface area contributed by atoms with E-state index >= 15 is 0 Å². The number of allylic oxidation sites excluding steroid dienone is 1. The number of hydrogen-bond donors (Lipinski definition) is 1. The third-order valence-electron chi connectivity index (χ3n) is 5.87. The number of nitrogens with zero attached hydrogens (tertiary/aromatic N) is 3. The fourth-order valence-electron chi connectivity index (χ4n) is 4.16. The molecule has 1 atom stereocenters. The molecule has 0 fully saturated rings. The molecule has 0 saturated heterocycles. The number of halogens is 4. The number of methoxy groups -OCH3 is 2. The van der Waals surface area contributed by atoms with Crippen molar-refractivity contribution in [2.75, 3.05) is 19.5 Å². The van der Waals surface area contributed by atoms with E-state index in [1.165, 1.54) is 4.68 Å². The van der Waals surface area contributed by atoms with Crippen molar-refractivity contribution in [2.24, 2.45) is 0 Å². The van der Waals surface area contributed by atoms with Crippen LogP contribution in [0.4, 0.5) is 19.1 Å². The Hall–Kier alpha value is -3.98. The molecule has 0 amide bonds. The Balaban J connectivity index is 1.79. The van der Waals surface area contributed by atoms with Crippen LogP contribution in [0.25, 0.3) is 11.3 Å². The van der Waals surface area contributed by atoms with E-state index in [1.807, 2.05) is 24.3 Å². The van der Waals surface area contributed by atoms with Gasteiger partial charge < -0.3 is 14.8 Å². The molecule has 0 spiro atoms. The summed E-state index contributed by atoms with van der Waals surface area (Å²) >= 11 is 6.12. The minimum Gasteiger partial charge on any atom is -0.497 e. The number of anilines is 1. The van der Waals surface area contributed by atoms with Crippen LogP contribution >= 0.6 is 11.6 Å². The van der Waals surface area contributed by atoms with Crippen LogP contribution in [0.15, 0.2) is 72.8 Å². The zero-order valence-corrected chi connectivity index (χ0v) is 19.9. The predicted molar refractivity (Wildman–Crippen MR) is 131 cm³/mol. The molecule has 1 aromatic heterocycles. The molecule has 0 radical (unpaired) electrons. The van der Waals surface area contributed by atoms with Crippen LogP contribution in [-0.4, -0.2) is 29.0 Å². The highest BCUT2D eigenvalue weighted by molar-refractivity contribution is 6.30. The largest absolute Gasteiger partial charge is 0.497 e. The average Bonchev–Trinajstić information content (AvgIpc) is 3.33. The second kappa shape index (κ2) is 9.23. The van der Waals surface area contributed by atoms with Gasteiger partial charge in [-0.15, -0.1) is 5.10 Å². The molecule has 0 saturated carbocycles. The lowest BCUT2D eigenvalue weighted by Crippen LogP contribution is -2.24. The summed E-state index contributed by atoms with van der Waals surface area (Å²) < 4.78 is 52.8. The van der Waals surface area contributed by atoms with E-state index in [0.29, 0.717) is 33.4 Å². The molecule has 0 bridgehead atoms. The molecular formula is C26H20ClF3N4O2. The average molecular weight is 513 g/mol. The molecular weight excluding hydrogens is 493 g/mol. The maximum Gasteiger partial charge on any atom is 0.453 e. The van der Waals surface area contributed by atoms with Crippen LogP contribution < -0.4 is 14.8 Å². The Morgan fingerprint density at radius 3 is 1.92 bits per heavy atom. The first-order valence-electron chi connectivity index (χ1n) is 10.9. The maximum atomic E-state index is 13.6. The number of benzene rings is 3. The lowest BCUT2D eigenvalue weighted by Gasteiger charge is -2.31. The van der Waals surface area contributed by atoms with Crippen LogP contribution in [0.2, 0.25) is 5.02 Å². The number of alkyl halides is 3. The Morgan fingerprint density at radius 2 is 1.39 bits per heavy atom. The third-order valence-corrected chi connectivity index (χ3v) is 6.13. The zero-order chi connectivity index (χ0) is 25.4. The Morgan fingerprint density at radius 1 is 0.833 bits per heavy atom. The number of nitrogens with one attached hydrogen (secondary N) is 1. The van der Waals surface area contributed by atoms with Gasteiger partial charge in [0.05, 0.1) is 19.9 Å². The second-order valence-corrected chi connectivity index (χ2v) is 8.46. The number of fused-ring (bicyclic) bond motifs is 1. The Labute approximate surface area is 210 Å². The van der Waals surface area contributed by atoms with Crippen LogP contribution in [0.1, 0.15) is 28.6 Å². The van der Waals surface area contributed by atoms with E-state index in [0.717, 1.165) is 11.1 Å². The van der Waals surface area contributed by atoms with Crippen LogP contribution in [0, 0.1) is 0 Å². The van der Waals surface area contributed by atoms with Crippen LogP contribution in [0.3, 0.4) is 0 Å². The van der Waals surface area contributed by atoms with Gasteiger partial charge in [-0.05, 0) is 65.2 Å². The molecule has 10 heteroatoms. The van der Waals surface area contributed by atoms with Gasteiger partial charge in [0, 0.05) is 10.6 Å². The van der Waals surface area contributed by atoms with Crippen LogP contribution in [-0.2, 0) is 6.18 Å². The van der Waals surface area contributed by atoms with E-state index in [-0.39, 0.29) is 5.95 Å². The predicted octanol–water partition coefficient (Wildman–Crippen LogP) is 6.55. The SMILES string of the molecule is COc1ccc(C2=C(c3ccc(OC)cc3)[C@@H](c3ccc(Cl)cc3)n3nc(C(F)(F)F)nc3N2)cc1. The second-order valence-electron chi connectivity index (χ2n) is 8.03. The normalized spacial score (nSPS) is 15.3. The fourth-order valence-corrected chi connectivity index (χ4v) is 4.28. The van der Waals surface area contributed by atoms with Crippen LogP contribution in [0.5, 0.6) is 11.5 Å². The summed E-state index contributed by atoms with van der Waals surface area (Å²) in [5, 5.41) is 7.48. The minimum atomic E-state index is -4.71. The lowest BCUT2D eigenvalue weighted by molar-refractivity contribution is -0.145. The standard InChI is InChI=1S/C26H20ClF3N4O2/c1-35-19-11-5-15(6-12-19)21-22(16-7-13-20(36-2)14-8-16)31-25-32-24(26(28,29)30)33-34(25)23(21)17-3-9-18(27)10-4-17/h3-14,23H,1-2H3,(H,31,32,33)/t23-/m1/s1. The highest BCUT2D eigenvalue weighted by Crippen LogP contribution is 2.45. The molecule has 36 heavy (non-hydrogen) atoms. The number of ether oxygens (including phenoxy) is 2. The molecule has 5 rings (SSSR count). The van der Waals surface area contributed by atoms with E-state index < -0.39 is 18.0 Å². The van der Waals surface area contributed by atoms with E-state index in [1.54, 1.807) is 62.8 Å². The smallest absolute Gasteiger partial charge is 0.453 e. The van der Waals surface area contributed by atoms with Crippen molar-refractivity contribution in [3.63, 3.8) is 0 Å². The van der Waals surface area contributed by atoms with Crippen molar-refractivity contribution in [3.05, 3.63) is 100 Å². The zero-order valence-electron chi connectivity index (χ0n) is 19.2. The van der Waals surface area contributed by atoms with Gasteiger partial charge in [-0.3, -0.25) is 0 Å². The molecule has 0 unspecified atom stereocenters. The van der Waals surface area contributed by atoms with E-state index in [4.69, 9.17) is 21.1 Å². The van der Waals surface area contributed by atoms with Gasteiger partial charge in [0.15, 0.2) is 0 Å². The van der Waals surface area contributed by atoms with Gasteiger partial charge in [0.25, 0.3) is 5.82 Å². The summed E-state index contributed by atoms with van der Waals surface area (Å²) in [5.74, 6) is 0.0512. The first-order chi connectivity index (χ1) is 17.3. The molecule has 184 valence electrons. The minimum absolute atomic E-state index is 0.0228. The maximum absolute atomic E-state index is 13.6. The van der Waals surface area contributed by atoms with E-state index in [2.05, 4.69) is 15.4 Å². The fraction of sp³-hybridized carbons (Fsp3) is 0.154. The van der Waals surface area contributed by atoms with Gasteiger partial charge in [-0.2, -0.15) is 18.2 Å². The Bertz CT molecular complexity index is 1410. The molecule has 1 N–H and O–H groups in total. The number of aromatic nitrogens is 3. The van der Waals surface area contributed by atoms with Gasteiger partial charge in [-0.1, -0.05) is 35.9 Å². The van der Waals surface area contributed by atoms with Crippen molar-refractivity contribution in [1.29, 1.82) is 0 Å². The van der Waals surface area contributed by atoms with Gasteiger partial charge >= 0.3 is 6.18 Å². The topological polar surface area (TPSA) is 61.2 Å². The number of hydrogen-bond acceptors (Lipinski definition) is 5. The first kappa shape index (κ1) is 23.7. The summed E-state index contributed by atoms with van der Waals surface area (Å²) in [5.41, 5.74) is 3.50. The molecule has 2 heterocycles. The van der Waals surface area contributed by atoms with Crippen molar-refractivity contribution in [2.45, 2.75) is 12.2 Å². The highest BCUT2D eigenvalue weighted by atomic mass is 35.5. The summed E-state index contributed by atoms with van der Waals surface area (Å²) in [7, 11) is 3.13. The molecule has 1 aliphatic heterocycles. The number of rotatable bonds is 5. The summed E-state index contributed by atoms with van der Waals surface area (Å²) in [4.78, 5) is 3.79. The van der Waals surface area contributed by atoms with Crippen molar-refractivity contribution in [1.82, 2.24) is 14.8 Å². The summed E-state index contributed by atoms with van der Waals surface area (Å²) in [6, 6.07) is 20.7. The molecule has 0 aliphatic carbocycles. The first-order valence-corrected chi connectivity index (χ1v) is 11.3. The molecule has 3 aromatic carbocycles. The van der Waals surface area contributed by atoms with E-state index in [9.17, 15) is 13.2 Å². The van der Waals surface area contributed by atoms with Gasteiger partial charge in [0.1, 0.15) is 17.5 Å². The Kier molecular flexibility index (Phi) is 6.09. The van der Waals surface area contributed by atoms with Crippen molar-refractivity contribution < 1.29 is 22.6 Å². The quantitative estimate of drug-likeness (QED) is 0.328. The third kappa shape index (κ3) is 4.37. The van der Waals surface area contributed by atoms with Gasteiger partial charge in [0.2, 0.25) is 5.95 Å². The molecule has 1 aliphatic rings. The monoisotopic (exact) mass is 512 g/mol. The lowest BCUT2D eigenvalue weighted by atomic mass is 9.88. The molecule has 4 aromatic rings. The van der Waals surface area contributed by atoms with Gasteiger partial charge in [-0.25, -0.2) is 4.68 Å². The van der Waals surface area contributed by atoms with Crippen molar-refractivity contribution in [3.8, 4) is 11.5 Å². The summed E-state index contributed by atoms with van der Waals surface area (Å²) in [6.45, 7) is 0. The summed E-state index contributed by atoms with van der Waals surface area (Å²) in [6.07, 6.45) is -4.71.